The zero-order chi connectivity index (χ0) is 9.26. The number of amides is 2. The molecule has 3 heteroatoms. The Hall–Kier alpha value is -0.990. The smallest absolute Gasteiger partial charge is 0.315 e. The second-order valence-electron chi connectivity index (χ2n) is 3.93. The molecule has 0 spiro atoms. The number of fused-ring (bicyclic) bond motifs is 1. The molecule has 0 aromatic heterocycles. The molecule has 0 radical (unpaired) electrons. The van der Waals surface area contributed by atoms with Crippen LogP contribution in [0.15, 0.2) is 12.7 Å². The van der Waals surface area contributed by atoms with E-state index in [2.05, 4.69) is 17.2 Å². The molecule has 0 aromatic carbocycles. The second-order valence-corrected chi connectivity index (χ2v) is 3.93. The maximum absolute atomic E-state index is 11.2. The Morgan fingerprint density at radius 3 is 2.77 bits per heavy atom. The van der Waals surface area contributed by atoms with Gasteiger partial charge in [-0.05, 0) is 24.7 Å². The van der Waals surface area contributed by atoms with Crippen molar-refractivity contribution in [2.45, 2.75) is 25.3 Å². The molecule has 2 fully saturated rings. The first-order valence-corrected chi connectivity index (χ1v) is 4.98. The maximum atomic E-state index is 11.2. The third kappa shape index (κ3) is 1.69. The Morgan fingerprint density at radius 1 is 1.46 bits per heavy atom. The van der Waals surface area contributed by atoms with E-state index in [0.29, 0.717) is 12.6 Å². The van der Waals surface area contributed by atoms with Gasteiger partial charge in [0.05, 0.1) is 0 Å². The molecule has 13 heavy (non-hydrogen) atoms. The molecule has 3 nitrogen and oxygen atoms in total. The van der Waals surface area contributed by atoms with Crippen LogP contribution in [0.25, 0.3) is 0 Å². The highest BCUT2D eigenvalue weighted by Gasteiger charge is 2.53. The average molecular weight is 180 g/mol. The van der Waals surface area contributed by atoms with E-state index in [-0.39, 0.29) is 6.03 Å². The molecular weight excluding hydrogens is 164 g/mol. The molecule has 2 rings (SSSR count). The summed E-state index contributed by atoms with van der Waals surface area (Å²) in [5.41, 5.74) is 0. The summed E-state index contributed by atoms with van der Waals surface area (Å²) in [6, 6.07) is 0.429. The van der Waals surface area contributed by atoms with E-state index < -0.39 is 0 Å². The van der Waals surface area contributed by atoms with E-state index in [1.54, 1.807) is 6.08 Å². The van der Waals surface area contributed by atoms with E-state index >= 15 is 0 Å². The molecule has 2 amide bonds. The van der Waals surface area contributed by atoms with Crippen LogP contribution in [0.5, 0.6) is 0 Å². The van der Waals surface area contributed by atoms with Crippen LogP contribution in [0, 0.1) is 11.8 Å². The van der Waals surface area contributed by atoms with Crippen molar-refractivity contribution in [3.63, 3.8) is 0 Å². The first kappa shape index (κ1) is 8.60. The summed E-state index contributed by atoms with van der Waals surface area (Å²) in [5.74, 6) is 1.57. The Bertz CT molecular complexity index is 217. The Kier molecular flexibility index (Phi) is 2.25. The van der Waals surface area contributed by atoms with Gasteiger partial charge in [0.1, 0.15) is 0 Å². The lowest BCUT2D eigenvalue weighted by Gasteiger charge is -2.06. The minimum atomic E-state index is -0.0423. The molecule has 2 N–H and O–H groups in total. The number of hydrogen-bond acceptors (Lipinski definition) is 1. The van der Waals surface area contributed by atoms with Gasteiger partial charge in [-0.25, -0.2) is 4.79 Å². The van der Waals surface area contributed by atoms with Crippen molar-refractivity contribution in [3.8, 4) is 0 Å². The zero-order valence-corrected chi connectivity index (χ0v) is 7.75. The zero-order valence-electron chi connectivity index (χ0n) is 7.75. The van der Waals surface area contributed by atoms with Gasteiger partial charge in [0.2, 0.25) is 0 Å². The van der Waals surface area contributed by atoms with Gasteiger partial charge in [0, 0.05) is 12.6 Å². The Balaban J connectivity index is 1.68. The van der Waals surface area contributed by atoms with Gasteiger partial charge in [0.25, 0.3) is 0 Å². The summed E-state index contributed by atoms with van der Waals surface area (Å²) in [7, 11) is 0. The van der Waals surface area contributed by atoms with Crippen LogP contribution in [-0.4, -0.2) is 18.6 Å². The predicted octanol–water partition coefficient (Wildman–Crippen LogP) is 1.27. The topological polar surface area (TPSA) is 41.1 Å². The normalized spacial score (nSPS) is 34.9. The largest absolute Gasteiger partial charge is 0.335 e. The van der Waals surface area contributed by atoms with E-state index in [1.165, 1.54) is 19.3 Å². The fourth-order valence-electron chi connectivity index (χ4n) is 2.40. The van der Waals surface area contributed by atoms with Crippen molar-refractivity contribution in [2.75, 3.05) is 6.54 Å². The van der Waals surface area contributed by atoms with Crippen LogP contribution in [-0.2, 0) is 0 Å². The molecule has 2 atom stereocenters. The van der Waals surface area contributed by atoms with Crippen molar-refractivity contribution >= 4 is 6.03 Å². The van der Waals surface area contributed by atoms with Gasteiger partial charge in [0.15, 0.2) is 0 Å². The molecule has 0 saturated heterocycles. The summed E-state index contributed by atoms with van der Waals surface area (Å²) in [6.07, 6.45) is 5.64. The van der Waals surface area contributed by atoms with Gasteiger partial charge >= 0.3 is 6.03 Å². The van der Waals surface area contributed by atoms with Crippen molar-refractivity contribution in [2.24, 2.45) is 11.8 Å². The fraction of sp³-hybridized carbons (Fsp3) is 0.700. The van der Waals surface area contributed by atoms with E-state index in [0.717, 1.165) is 11.8 Å². The lowest BCUT2D eigenvalue weighted by Crippen LogP contribution is -2.38. The second kappa shape index (κ2) is 3.40. The molecule has 0 aromatic rings. The first-order chi connectivity index (χ1) is 6.33. The number of rotatable bonds is 3. The third-order valence-corrected chi connectivity index (χ3v) is 3.11. The SMILES string of the molecule is C=CCNC(=O)NC1C2CCCC21. The predicted molar refractivity (Wildman–Crippen MR) is 51.4 cm³/mol. The monoisotopic (exact) mass is 180 g/mol. The maximum Gasteiger partial charge on any atom is 0.315 e. The van der Waals surface area contributed by atoms with Crippen LogP contribution in [0.3, 0.4) is 0 Å². The van der Waals surface area contributed by atoms with Crippen molar-refractivity contribution in [1.29, 1.82) is 0 Å². The first-order valence-electron chi connectivity index (χ1n) is 4.98. The van der Waals surface area contributed by atoms with Crippen molar-refractivity contribution < 1.29 is 4.79 Å². The highest BCUT2D eigenvalue weighted by molar-refractivity contribution is 5.74. The molecule has 72 valence electrons. The summed E-state index contributed by atoms with van der Waals surface area (Å²) in [5, 5.41) is 5.72. The number of hydrogen-bond donors (Lipinski definition) is 2. The van der Waals surface area contributed by atoms with Gasteiger partial charge < -0.3 is 10.6 Å². The third-order valence-electron chi connectivity index (χ3n) is 3.11. The summed E-state index contributed by atoms with van der Waals surface area (Å²) in [6.45, 7) is 4.09. The summed E-state index contributed by atoms with van der Waals surface area (Å²) < 4.78 is 0. The number of nitrogens with one attached hydrogen (secondary N) is 2. The van der Waals surface area contributed by atoms with Crippen LogP contribution >= 0.6 is 0 Å². The molecule has 2 saturated carbocycles. The standard InChI is InChI=1S/C10H16N2O/c1-2-6-11-10(13)12-9-7-4-3-5-8(7)9/h2,7-9H,1,3-6H2,(H2,11,12,13). The quantitative estimate of drug-likeness (QED) is 0.631. The lowest BCUT2D eigenvalue weighted by atomic mass is 10.2. The Morgan fingerprint density at radius 2 is 2.15 bits per heavy atom. The highest BCUT2D eigenvalue weighted by atomic mass is 16.2. The molecule has 2 aliphatic rings. The van der Waals surface area contributed by atoms with Crippen LogP contribution in [0.4, 0.5) is 4.79 Å². The average Bonchev–Trinajstić information content (AvgIpc) is 2.63. The molecule has 2 unspecified atom stereocenters. The van der Waals surface area contributed by atoms with Gasteiger partial charge in [-0.3, -0.25) is 0 Å². The minimum absolute atomic E-state index is 0.0423. The Labute approximate surface area is 78.6 Å². The fourth-order valence-corrected chi connectivity index (χ4v) is 2.40. The number of carbonyl (C=O) groups excluding carboxylic acids is 1. The minimum Gasteiger partial charge on any atom is -0.335 e. The van der Waals surface area contributed by atoms with Crippen LogP contribution in [0.1, 0.15) is 19.3 Å². The van der Waals surface area contributed by atoms with Crippen molar-refractivity contribution in [1.82, 2.24) is 10.6 Å². The van der Waals surface area contributed by atoms with E-state index in [9.17, 15) is 4.79 Å². The van der Waals surface area contributed by atoms with E-state index in [1.807, 2.05) is 0 Å². The summed E-state index contributed by atoms with van der Waals surface area (Å²) >= 11 is 0. The molecule has 0 heterocycles. The molecule has 2 aliphatic carbocycles. The van der Waals surface area contributed by atoms with Gasteiger partial charge in [-0.2, -0.15) is 0 Å². The molecular formula is C10H16N2O. The molecule has 0 bridgehead atoms. The molecule has 0 aliphatic heterocycles. The van der Waals surface area contributed by atoms with Gasteiger partial charge in [-0.1, -0.05) is 12.5 Å². The van der Waals surface area contributed by atoms with Gasteiger partial charge in [-0.15, -0.1) is 6.58 Å². The van der Waals surface area contributed by atoms with E-state index in [4.69, 9.17) is 0 Å². The summed E-state index contributed by atoms with van der Waals surface area (Å²) in [4.78, 5) is 11.2. The number of urea groups is 1. The number of carbonyl (C=O) groups is 1. The van der Waals surface area contributed by atoms with Crippen molar-refractivity contribution in [3.05, 3.63) is 12.7 Å². The van der Waals surface area contributed by atoms with Crippen LogP contribution in [0.2, 0.25) is 0 Å². The highest BCUT2D eigenvalue weighted by Crippen LogP contribution is 2.51. The lowest BCUT2D eigenvalue weighted by molar-refractivity contribution is 0.240. The van der Waals surface area contributed by atoms with Crippen LogP contribution < -0.4 is 10.6 Å².